The molecule has 116 valence electrons. The van der Waals surface area contributed by atoms with Crippen molar-refractivity contribution in [1.29, 1.82) is 0 Å². The monoisotopic (exact) mass is 324 g/mol. The number of rotatable bonds is 5. The summed E-state index contributed by atoms with van der Waals surface area (Å²) in [6.07, 6.45) is 0. The zero-order chi connectivity index (χ0) is 16.1. The second kappa shape index (κ2) is 7.15. The Kier molecular flexibility index (Phi) is 4.78. The number of aromatic nitrogens is 1. The minimum atomic E-state index is -0.0681. The van der Waals surface area contributed by atoms with E-state index in [0.717, 1.165) is 33.4 Å². The molecule has 3 aromatic rings. The van der Waals surface area contributed by atoms with Crippen LogP contribution < -0.4 is 5.32 Å². The van der Waals surface area contributed by atoms with Gasteiger partial charge in [-0.1, -0.05) is 35.5 Å². The molecule has 23 heavy (non-hydrogen) atoms. The maximum absolute atomic E-state index is 11.0. The van der Waals surface area contributed by atoms with E-state index in [2.05, 4.69) is 10.5 Å². The SMILES string of the molecule is CC(=O)Nc1ccc(SCc2cc(-c3ccccc3)on2)cc1. The van der Waals surface area contributed by atoms with Crippen LogP contribution in [-0.2, 0) is 10.5 Å². The highest BCUT2D eigenvalue weighted by Gasteiger charge is 2.07. The summed E-state index contributed by atoms with van der Waals surface area (Å²) in [6, 6.07) is 19.6. The maximum Gasteiger partial charge on any atom is 0.221 e. The second-order valence-electron chi connectivity index (χ2n) is 5.04. The summed E-state index contributed by atoms with van der Waals surface area (Å²) in [5, 5.41) is 6.86. The number of amides is 1. The van der Waals surface area contributed by atoms with Gasteiger partial charge in [0.1, 0.15) is 0 Å². The standard InChI is InChI=1S/C18H16N2O2S/c1-13(21)19-15-7-9-17(10-8-15)23-12-16-11-18(22-20-16)14-5-3-2-4-6-14/h2-11H,12H2,1H3,(H,19,21). The highest BCUT2D eigenvalue weighted by atomic mass is 32.2. The number of carbonyl (C=O) groups excluding carboxylic acids is 1. The molecule has 1 amide bonds. The number of anilines is 1. The molecule has 0 atom stereocenters. The van der Waals surface area contributed by atoms with Crippen LogP contribution >= 0.6 is 11.8 Å². The summed E-state index contributed by atoms with van der Waals surface area (Å²) >= 11 is 1.67. The van der Waals surface area contributed by atoms with Gasteiger partial charge in [-0.25, -0.2) is 0 Å². The Bertz CT molecular complexity index is 782. The molecule has 2 aromatic carbocycles. The highest BCUT2D eigenvalue weighted by molar-refractivity contribution is 7.98. The molecule has 0 aliphatic carbocycles. The number of thioether (sulfide) groups is 1. The van der Waals surface area contributed by atoms with Gasteiger partial charge in [0, 0.05) is 34.9 Å². The predicted molar refractivity (Wildman–Crippen MR) is 92.2 cm³/mol. The molecule has 0 spiro atoms. The van der Waals surface area contributed by atoms with Gasteiger partial charge in [0.2, 0.25) is 5.91 Å². The second-order valence-corrected chi connectivity index (χ2v) is 6.09. The van der Waals surface area contributed by atoms with Crippen molar-refractivity contribution in [2.75, 3.05) is 5.32 Å². The molecular formula is C18H16N2O2S. The smallest absolute Gasteiger partial charge is 0.221 e. The molecule has 1 heterocycles. The lowest BCUT2D eigenvalue weighted by atomic mass is 10.2. The van der Waals surface area contributed by atoms with E-state index in [-0.39, 0.29) is 5.91 Å². The summed E-state index contributed by atoms with van der Waals surface area (Å²) in [4.78, 5) is 12.1. The minimum Gasteiger partial charge on any atom is -0.356 e. The van der Waals surface area contributed by atoms with Gasteiger partial charge in [-0.3, -0.25) is 4.79 Å². The summed E-state index contributed by atoms with van der Waals surface area (Å²) in [7, 11) is 0. The number of hydrogen-bond acceptors (Lipinski definition) is 4. The first-order valence-electron chi connectivity index (χ1n) is 7.22. The van der Waals surface area contributed by atoms with Crippen molar-refractivity contribution >= 4 is 23.4 Å². The molecule has 0 unspecified atom stereocenters. The molecule has 0 aliphatic heterocycles. The van der Waals surface area contributed by atoms with Crippen LogP contribution in [-0.4, -0.2) is 11.1 Å². The topological polar surface area (TPSA) is 55.1 Å². The largest absolute Gasteiger partial charge is 0.356 e. The van der Waals surface area contributed by atoms with Gasteiger partial charge in [0.15, 0.2) is 5.76 Å². The maximum atomic E-state index is 11.0. The van der Waals surface area contributed by atoms with Gasteiger partial charge in [-0.05, 0) is 24.3 Å². The molecule has 4 nitrogen and oxygen atoms in total. The molecule has 1 N–H and O–H groups in total. The van der Waals surface area contributed by atoms with E-state index in [9.17, 15) is 4.79 Å². The molecule has 0 saturated carbocycles. The Labute approximate surface area is 138 Å². The summed E-state index contributed by atoms with van der Waals surface area (Å²) in [5.74, 6) is 1.44. The third-order valence-electron chi connectivity index (χ3n) is 3.18. The van der Waals surface area contributed by atoms with E-state index in [1.165, 1.54) is 6.92 Å². The average molecular weight is 324 g/mol. The quantitative estimate of drug-likeness (QED) is 0.697. The highest BCUT2D eigenvalue weighted by Crippen LogP contribution is 2.26. The van der Waals surface area contributed by atoms with Crippen molar-refractivity contribution in [3.63, 3.8) is 0 Å². The van der Waals surface area contributed by atoms with Crippen LogP contribution in [0, 0.1) is 0 Å². The van der Waals surface area contributed by atoms with Crippen LogP contribution in [0.5, 0.6) is 0 Å². The van der Waals surface area contributed by atoms with Crippen LogP contribution in [0.1, 0.15) is 12.6 Å². The summed E-state index contributed by atoms with van der Waals surface area (Å²) in [6.45, 7) is 1.50. The van der Waals surface area contributed by atoms with Crippen molar-refractivity contribution in [2.24, 2.45) is 0 Å². The van der Waals surface area contributed by atoms with E-state index < -0.39 is 0 Å². The van der Waals surface area contributed by atoms with Gasteiger partial charge in [0.25, 0.3) is 0 Å². The number of carbonyl (C=O) groups is 1. The zero-order valence-corrected chi connectivity index (χ0v) is 13.5. The molecule has 0 saturated heterocycles. The van der Waals surface area contributed by atoms with E-state index in [1.54, 1.807) is 11.8 Å². The van der Waals surface area contributed by atoms with Crippen molar-refractivity contribution in [3.05, 3.63) is 66.4 Å². The first-order valence-corrected chi connectivity index (χ1v) is 8.21. The van der Waals surface area contributed by atoms with E-state index in [4.69, 9.17) is 4.52 Å². The molecule has 0 aliphatic rings. The van der Waals surface area contributed by atoms with Gasteiger partial charge in [0.05, 0.1) is 5.69 Å². The van der Waals surface area contributed by atoms with Crippen molar-refractivity contribution in [1.82, 2.24) is 5.16 Å². The molecule has 3 rings (SSSR count). The van der Waals surface area contributed by atoms with Crippen LogP contribution in [0.3, 0.4) is 0 Å². The van der Waals surface area contributed by atoms with Gasteiger partial charge < -0.3 is 9.84 Å². The summed E-state index contributed by atoms with van der Waals surface area (Å²) in [5.41, 5.74) is 2.73. The van der Waals surface area contributed by atoms with Crippen molar-refractivity contribution in [3.8, 4) is 11.3 Å². The number of hydrogen-bond donors (Lipinski definition) is 1. The third kappa shape index (κ3) is 4.23. The number of benzene rings is 2. The fourth-order valence-corrected chi connectivity index (χ4v) is 2.89. The first-order chi connectivity index (χ1) is 11.2. The van der Waals surface area contributed by atoms with Crippen LogP contribution in [0.2, 0.25) is 0 Å². The van der Waals surface area contributed by atoms with Crippen LogP contribution in [0.4, 0.5) is 5.69 Å². The van der Waals surface area contributed by atoms with Gasteiger partial charge in [-0.2, -0.15) is 0 Å². The normalized spacial score (nSPS) is 10.5. The number of nitrogens with zero attached hydrogens (tertiary/aromatic N) is 1. The Morgan fingerprint density at radius 1 is 1.13 bits per heavy atom. The predicted octanol–water partition coefficient (Wildman–Crippen LogP) is 4.59. The Morgan fingerprint density at radius 2 is 1.87 bits per heavy atom. The van der Waals surface area contributed by atoms with Gasteiger partial charge in [-0.15, -0.1) is 11.8 Å². The molecule has 5 heteroatoms. The first kappa shape index (κ1) is 15.4. The zero-order valence-electron chi connectivity index (χ0n) is 12.7. The summed E-state index contributed by atoms with van der Waals surface area (Å²) < 4.78 is 5.39. The Hall–Kier alpha value is -2.53. The molecule has 1 aromatic heterocycles. The lowest BCUT2D eigenvalue weighted by Crippen LogP contribution is -2.05. The van der Waals surface area contributed by atoms with E-state index >= 15 is 0 Å². The van der Waals surface area contributed by atoms with E-state index in [0.29, 0.717) is 0 Å². The Balaban J connectivity index is 1.60. The fourth-order valence-electron chi connectivity index (χ4n) is 2.11. The molecular weight excluding hydrogens is 308 g/mol. The average Bonchev–Trinajstić information content (AvgIpc) is 3.04. The van der Waals surface area contributed by atoms with E-state index in [1.807, 2.05) is 60.7 Å². The van der Waals surface area contributed by atoms with Crippen molar-refractivity contribution < 1.29 is 9.32 Å². The molecule has 0 bridgehead atoms. The van der Waals surface area contributed by atoms with Crippen LogP contribution in [0.25, 0.3) is 11.3 Å². The number of nitrogens with one attached hydrogen (secondary N) is 1. The van der Waals surface area contributed by atoms with Gasteiger partial charge >= 0.3 is 0 Å². The lowest BCUT2D eigenvalue weighted by molar-refractivity contribution is -0.114. The lowest BCUT2D eigenvalue weighted by Gasteiger charge is -2.03. The van der Waals surface area contributed by atoms with Crippen molar-refractivity contribution in [2.45, 2.75) is 17.6 Å². The molecule has 0 radical (unpaired) electrons. The van der Waals surface area contributed by atoms with Crippen LogP contribution in [0.15, 0.2) is 70.1 Å². The molecule has 0 fully saturated rings. The third-order valence-corrected chi connectivity index (χ3v) is 4.22. The minimum absolute atomic E-state index is 0.0681. The fraction of sp³-hybridized carbons (Fsp3) is 0.111. The Morgan fingerprint density at radius 3 is 2.57 bits per heavy atom.